The molecule has 0 saturated heterocycles. The van der Waals surface area contributed by atoms with Gasteiger partial charge in [0.2, 0.25) is 0 Å². The topological polar surface area (TPSA) is 76.7 Å². The molecule has 0 spiro atoms. The minimum Gasteiger partial charge on any atom is -0.483 e. The molecule has 9 heteroatoms. The van der Waals surface area contributed by atoms with Gasteiger partial charge in [0.1, 0.15) is 17.3 Å². The van der Waals surface area contributed by atoms with E-state index in [1.807, 2.05) is 0 Å². The summed E-state index contributed by atoms with van der Waals surface area (Å²) in [5.74, 6) is -1.62. The van der Waals surface area contributed by atoms with Crippen LogP contribution in [-0.2, 0) is 4.79 Å². The molecule has 0 unspecified atom stereocenters. The predicted octanol–water partition coefficient (Wildman–Crippen LogP) is 4.70. The van der Waals surface area contributed by atoms with Gasteiger partial charge in [-0.25, -0.2) is 4.39 Å². The van der Waals surface area contributed by atoms with Gasteiger partial charge in [-0.15, -0.1) is 0 Å². The number of ether oxygens (including phenoxy) is 2. The molecule has 0 bridgehead atoms. The maximum atomic E-state index is 13.6. The quantitative estimate of drug-likeness (QED) is 0.543. The van der Waals surface area contributed by atoms with Gasteiger partial charge in [0.05, 0.1) is 11.3 Å². The largest absolute Gasteiger partial charge is 0.483 e. The molecule has 3 rings (SSSR count). The molecule has 3 aromatic rings. The van der Waals surface area contributed by atoms with Crippen molar-refractivity contribution in [3.05, 3.63) is 84.2 Å². The number of hydrogen-bond donors (Lipinski definition) is 2. The number of anilines is 2. The highest BCUT2D eigenvalue weighted by Crippen LogP contribution is 2.22. The van der Waals surface area contributed by atoms with Crippen molar-refractivity contribution in [2.45, 2.75) is 6.61 Å². The third-order valence-electron chi connectivity index (χ3n) is 3.98. The van der Waals surface area contributed by atoms with Crippen molar-refractivity contribution in [3.8, 4) is 11.5 Å². The van der Waals surface area contributed by atoms with Gasteiger partial charge in [-0.05, 0) is 48.5 Å². The van der Waals surface area contributed by atoms with Crippen molar-refractivity contribution in [3.63, 3.8) is 0 Å². The van der Waals surface area contributed by atoms with Crippen LogP contribution in [0.4, 0.5) is 24.5 Å². The van der Waals surface area contributed by atoms with Gasteiger partial charge < -0.3 is 20.1 Å². The SMILES string of the molecule is O=C(COc1ccccc1C(=O)Nc1ccc(OC(F)F)cc1)Nc1ccccc1F. The highest BCUT2D eigenvalue weighted by Gasteiger charge is 2.15. The number of carbonyl (C=O) groups is 2. The molecule has 0 aliphatic carbocycles. The lowest BCUT2D eigenvalue weighted by Crippen LogP contribution is -2.22. The fourth-order valence-corrected chi connectivity index (χ4v) is 2.59. The number of rotatable bonds is 8. The van der Waals surface area contributed by atoms with E-state index in [9.17, 15) is 22.8 Å². The summed E-state index contributed by atoms with van der Waals surface area (Å²) >= 11 is 0. The molecule has 6 nitrogen and oxygen atoms in total. The van der Waals surface area contributed by atoms with Gasteiger partial charge >= 0.3 is 6.61 Å². The summed E-state index contributed by atoms with van der Waals surface area (Å²) in [5.41, 5.74) is 0.509. The summed E-state index contributed by atoms with van der Waals surface area (Å²) in [6, 6.07) is 17.3. The number of nitrogens with one attached hydrogen (secondary N) is 2. The summed E-state index contributed by atoms with van der Waals surface area (Å²) in [7, 11) is 0. The molecule has 0 aliphatic heterocycles. The Bertz CT molecular complexity index is 1060. The average Bonchev–Trinajstić information content (AvgIpc) is 2.75. The van der Waals surface area contributed by atoms with E-state index in [0.717, 1.165) is 0 Å². The van der Waals surface area contributed by atoms with Crippen molar-refractivity contribution in [1.82, 2.24) is 0 Å². The lowest BCUT2D eigenvalue weighted by Gasteiger charge is -2.12. The molecule has 2 amide bonds. The molecule has 0 heterocycles. The average molecular weight is 430 g/mol. The van der Waals surface area contributed by atoms with E-state index < -0.39 is 30.8 Å². The van der Waals surface area contributed by atoms with Crippen LogP contribution in [0.2, 0.25) is 0 Å². The van der Waals surface area contributed by atoms with Crippen molar-refractivity contribution < 1.29 is 32.2 Å². The Morgan fingerprint density at radius 1 is 0.871 bits per heavy atom. The van der Waals surface area contributed by atoms with E-state index >= 15 is 0 Å². The minimum absolute atomic E-state index is 0.0152. The van der Waals surface area contributed by atoms with E-state index in [2.05, 4.69) is 15.4 Å². The first kappa shape index (κ1) is 21.7. The van der Waals surface area contributed by atoms with Gasteiger partial charge in [0, 0.05) is 5.69 Å². The van der Waals surface area contributed by atoms with Gasteiger partial charge in [-0.2, -0.15) is 8.78 Å². The standard InChI is InChI=1S/C22H17F3N2O4/c23-17-6-2-3-7-18(17)27-20(28)13-30-19-8-4-1-5-16(19)21(29)26-14-9-11-15(12-10-14)31-22(24)25/h1-12,22H,13H2,(H,26,29)(H,27,28). The van der Waals surface area contributed by atoms with E-state index in [1.54, 1.807) is 18.2 Å². The molecule has 0 fully saturated rings. The Balaban J connectivity index is 1.62. The van der Waals surface area contributed by atoms with Crippen LogP contribution in [0.15, 0.2) is 72.8 Å². The highest BCUT2D eigenvalue weighted by atomic mass is 19.3. The molecular weight excluding hydrogens is 413 g/mol. The predicted molar refractivity (Wildman–Crippen MR) is 108 cm³/mol. The molecule has 0 aromatic heterocycles. The summed E-state index contributed by atoms with van der Waals surface area (Å²) in [4.78, 5) is 24.6. The smallest absolute Gasteiger partial charge is 0.387 e. The van der Waals surface area contributed by atoms with Crippen LogP contribution in [0, 0.1) is 5.82 Å². The lowest BCUT2D eigenvalue weighted by atomic mass is 10.2. The first-order valence-corrected chi connectivity index (χ1v) is 9.05. The van der Waals surface area contributed by atoms with Crippen molar-refractivity contribution >= 4 is 23.2 Å². The summed E-state index contributed by atoms with van der Waals surface area (Å²) in [5, 5.41) is 4.98. The molecule has 0 radical (unpaired) electrons. The van der Waals surface area contributed by atoms with Crippen LogP contribution in [0.5, 0.6) is 11.5 Å². The van der Waals surface area contributed by atoms with Crippen LogP contribution in [0.25, 0.3) is 0 Å². The van der Waals surface area contributed by atoms with Crippen molar-refractivity contribution in [2.24, 2.45) is 0 Å². The molecule has 0 saturated carbocycles. The van der Waals surface area contributed by atoms with Gasteiger partial charge in [0.15, 0.2) is 6.61 Å². The Morgan fingerprint density at radius 3 is 2.26 bits per heavy atom. The van der Waals surface area contributed by atoms with Crippen molar-refractivity contribution in [1.29, 1.82) is 0 Å². The Hall–Kier alpha value is -4.01. The van der Waals surface area contributed by atoms with Crippen LogP contribution in [0.1, 0.15) is 10.4 Å². The minimum atomic E-state index is -2.94. The Labute approximate surface area is 175 Å². The molecule has 3 aromatic carbocycles. The zero-order chi connectivity index (χ0) is 22.2. The van der Waals surface area contributed by atoms with E-state index in [1.165, 1.54) is 54.6 Å². The number of para-hydroxylation sites is 2. The maximum absolute atomic E-state index is 13.6. The number of carbonyl (C=O) groups excluding carboxylic acids is 2. The van der Waals surface area contributed by atoms with Gasteiger partial charge in [-0.3, -0.25) is 9.59 Å². The van der Waals surface area contributed by atoms with E-state index in [4.69, 9.17) is 4.74 Å². The molecule has 0 aliphatic rings. The maximum Gasteiger partial charge on any atom is 0.387 e. The van der Waals surface area contributed by atoms with Crippen LogP contribution < -0.4 is 20.1 Å². The zero-order valence-corrected chi connectivity index (χ0v) is 16.0. The number of halogens is 3. The van der Waals surface area contributed by atoms with Gasteiger partial charge in [-0.1, -0.05) is 24.3 Å². The first-order chi connectivity index (χ1) is 14.9. The highest BCUT2D eigenvalue weighted by molar-refractivity contribution is 6.06. The molecule has 160 valence electrons. The number of alkyl halides is 2. The summed E-state index contributed by atoms with van der Waals surface area (Å²) in [6.07, 6.45) is 0. The molecule has 31 heavy (non-hydrogen) atoms. The van der Waals surface area contributed by atoms with Crippen LogP contribution in [0.3, 0.4) is 0 Å². The zero-order valence-electron chi connectivity index (χ0n) is 16.0. The second-order valence-corrected chi connectivity index (χ2v) is 6.17. The third kappa shape index (κ3) is 6.23. The monoisotopic (exact) mass is 430 g/mol. The van der Waals surface area contributed by atoms with Crippen LogP contribution >= 0.6 is 0 Å². The Morgan fingerprint density at radius 2 is 1.55 bits per heavy atom. The fourth-order valence-electron chi connectivity index (χ4n) is 2.59. The number of hydrogen-bond acceptors (Lipinski definition) is 4. The number of benzene rings is 3. The first-order valence-electron chi connectivity index (χ1n) is 9.05. The lowest BCUT2D eigenvalue weighted by molar-refractivity contribution is -0.118. The second kappa shape index (κ2) is 10.1. The normalized spacial score (nSPS) is 10.5. The molecule has 2 N–H and O–H groups in total. The van der Waals surface area contributed by atoms with Gasteiger partial charge in [0.25, 0.3) is 11.8 Å². The number of amides is 2. The van der Waals surface area contributed by atoms with E-state index in [0.29, 0.717) is 5.69 Å². The summed E-state index contributed by atoms with van der Waals surface area (Å²) in [6.45, 7) is -3.39. The van der Waals surface area contributed by atoms with Crippen molar-refractivity contribution in [2.75, 3.05) is 17.2 Å². The Kier molecular flexibility index (Phi) is 7.10. The summed E-state index contributed by atoms with van der Waals surface area (Å²) < 4.78 is 47.7. The van der Waals surface area contributed by atoms with Crippen LogP contribution in [-0.4, -0.2) is 25.0 Å². The fraction of sp³-hybridized carbons (Fsp3) is 0.0909. The van der Waals surface area contributed by atoms with E-state index in [-0.39, 0.29) is 22.7 Å². The second-order valence-electron chi connectivity index (χ2n) is 6.17. The third-order valence-corrected chi connectivity index (χ3v) is 3.98. The molecule has 0 atom stereocenters. The molecular formula is C22H17F3N2O4.